The van der Waals surface area contributed by atoms with E-state index in [1.165, 1.54) is 4.90 Å². The lowest BCUT2D eigenvalue weighted by Crippen LogP contribution is -2.30. The van der Waals surface area contributed by atoms with Crippen molar-refractivity contribution in [3.05, 3.63) is 52.0 Å². The molecule has 154 valence electrons. The Labute approximate surface area is 192 Å². The van der Waals surface area contributed by atoms with Crippen molar-refractivity contribution in [1.29, 1.82) is 0 Å². The molecular formula is C22H18Cl2N2O2S2. The number of carbonyl (C=O) groups is 2. The Bertz CT molecular complexity index is 1120. The number of thioether (sulfide) groups is 1. The van der Waals surface area contributed by atoms with Gasteiger partial charge in [0.15, 0.2) is 4.34 Å². The van der Waals surface area contributed by atoms with Gasteiger partial charge in [0.1, 0.15) is 0 Å². The quantitative estimate of drug-likeness (QED) is 0.315. The first-order valence-corrected chi connectivity index (χ1v) is 12.4. The van der Waals surface area contributed by atoms with Gasteiger partial charge in [0.2, 0.25) is 11.8 Å². The summed E-state index contributed by atoms with van der Waals surface area (Å²) in [4.78, 5) is 31.8. The van der Waals surface area contributed by atoms with Crippen LogP contribution >= 0.6 is 46.3 Å². The molecule has 1 saturated heterocycles. The molecule has 2 amide bonds. The minimum Gasteiger partial charge on any atom is -0.274 e. The lowest BCUT2D eigenvalue weighted by molar-refractivity contribution is -0.122. The zero-order valence-electron chi connectivity index (χ0n) is 15.9. The van der Waals surface area contributed by atoms with E-state index in [-0.39, 0.29) is 23.7 Å². The van der Waals surface area contributed by atoms with Crippen LogP contribution in [0.1, 0.15) is 31.2 Å². The summed E-state index contributed by atoms with van der Waals surface area (Å²) in [7, 11) is 0. The zero-order valence-corrected chi connectivity index (χ0v) is 19.1. The van der Waals surface area contributed by atoms with Crippen molar-refractivity contribution in [3.8, 4) is 0 Å². The van der Waals surface area contributed by atoms with Crippen LogP contribution in [-0.2, 0) is 15.3 Å². The number of aromatic nitrogens is 1. The molecule has 8 heteroatoms. The predicted octanol–water partition coefficient (Wildman–Crippen LogP) is 6.58. The number of nitrogens with zero attached hydrogens (tertiary/aromatic N) is 2. The van der Waals surface area contributed by atoms with Gasteiger partial charge in [0.05, 0.1) is 27.7 Å². The summed E-state index contributed by atoms with van der Waals surface area (Å²) in [5, 5.41) is 1.29. The number of anilines is 1. The van der Waals surface area contributed by atoms with Crippen LogP contribution in [0.4, 0.5) is 5.69 Å². The van der Waals surface area contributed by atoms with E-state index < -0.39 is 0 Å². The highest BCUT2D eigenvalue weighted by Crippen LogP contribution is 2.42. The summed E-state index contributed by atoms with van der Waals surface area (Å²) < 4.78 is 1.85. The molecule has 1 aliphatic heterocycles. The third kappa shape index (κ3) is 3.54. The maximum Gasteiger partial charge on any atom is 0.237 e. The molecular weight excluding hydrogens is 459 g/mol. The maximum atomic E-state index is 12.9. The molecule has 3 aromatic rings. The van der Waals surface area contributed by atoms with E-state index >= 15 is 0 Å². The number of hydrogen-bond donors (Lipinski definition) is 0. The lowest BCUT2D eigenvalue weighted by atomic mass is 9.81. The average molecular weight is 477 g/mol. The second kappa shape index (κ2) is 8.15. The first-order chi connectivity index (χ1) is 14.5. The molecule has 4 nitrogen and oxygen atoms in total. The number of imide groups is 1. The monoisotopic (exact) mass is 476 g/mol. The summed E-state index contributed by atoms with van der Waals surface area (Å²) >= 11 is 15.6. The van der Waals surface area contributed by atoms with Gasteiger partial charge in [-0.2, -0.15) is 0 Å². The maximum absolute atomic E-state index is 12.9. The second-order valence-corrected chi connectivity index (χ2v) is 10.7. The van der Waals surface area contributed by atoms with Crippen LogP contribution in [0.3, 0.4) is 0 Å². The highest BCUT2D eigenvalue weighted by molar-refractivity contribution is 8.00. The van der Waals surface area contributed by atoms with Gasteiger partial charge in [0.25, 0.3) is 0 Å². The van der Waals surface area contributed by atoms with Crippen LogP contribution in [0.2, 0.25) is 10.0 Å². The van der Waals surface area contributed by atoms with Crippen molar-refractivity contribution in [3.63, 3.8) is 0 Å². The Kier molecular flexibility index (Phi) is 5.52. The smallest absolute Gasteiger partial charge is 0.237 e. The Hall–Kier alpha value is -1.60. The van der Waals surface area contributed by atoms with Crippen molar-refractivity contribution in [2.45, 2.75) is 35.8 Å². The molecule has 30 heavy (non-hydrogen) atoms. The number of hydrogen-bond acceptors (Lipinski definition) is 5. The normalized spacial score (nSPS) is 21.5. The fraction of sp³-hybridized carbons (Fsp3) is 0.318. The zero-order chi connectivity index (χ0) is 20.8. The molecule has 0 spiro atoms. The third-order valence-corrected chi connectivity index (χ3v) is 8.75. The van der Waals surface area contributed by atoms with Crippen LogP contribution < -0.4 is 4.90 Å². The minimum atomic E-state index is -0.144. The topological polar surface area (TPSA) is 50.3 Å². The molecule has 5 rings (SSSR count). The van der Waals surface area contributed by atoms with E-state index in [0.29, 0.717) is 21.5 Å². The molecule has 0 bridgehead atoms. The van der Waals surface area contributed by atoms with Crippen LogP contribution in [-0.4, -0.2) is 16.8 Å². The Balaban J connectivity index is 1.39. The number of benzene rings is 2. The number of fused-ring (bicyclic) bond motifs is 2. The third-order valence-electron chi connectivity index (χ3n) is 5.85. The average Bonchev–Trinajstić information content (AvgIpc) is 3.26. The van der Waals surface area contributed by atoms with Gasteiger partial charge in [-0.05, 0) is 48.7 Å². The van der Waals surface area contributed by atoms with Crippen molar-refractivity contribution in [1.82, 2.24) is 4.98 Å². The molecule has 2 unspecified atom stereocenters. The van der Waals surface area contributed by atoms with Gasteiger partial charge < -0.3 is 0 Å². The van der Waals surface area contributed by atoms with Gasteiger partial charge >= 0.3 is 0 Å². The van der Waals surface area contributed by atoms with E-state index in [1.807, 2.05) is 36.4 Å². The molecule has 0 N–H and O–H groups in total. The Morgan fingerprint density at radius 3 is 2.37 bits per heavy atom. The summed E-state index contributed by atoms with van der Waals surface area (Å²) in [6.07, 6.45) is 3.69. The van der Waals surface area contributed by atoms with Crippen molar-refractivity contribution in [2.75, 3.05) is 4.90 Å². The molecule has 2 aliphatic rings. The standard InChI is InChI=1S/C22H18Cl2N2O2S2/c23-16-6-3-7-17(24)15(16)11-29-22-25-18-9-8-12(10-19(18)30-22)26-20(27)13-4-1-2-5-14(13)21(26)28/h3,6-10,13-14H,1-2,4-5,11H2. The lowest BCUT2D eigenvalue weighted by Gasteiger charge is -2.19. The molecule has 1 aromatic heterocycles. The SMILES string of the molecule is O=C1C2CCCCC2C(=O)N1c1ccc2nc(SCc3c(Cl)cccc3Cl)sc2c1. The fourth-order valence-electron chi connectivity index (χ4n) is 4.31. The van der Waals surface area contributed by atoms with Crippen LogP contribution in [0, 0.1) is 11.8 Å². The molecule has 2 heterocycles. The molecule has 0 radical (unpaired) electrons. The van der Waals surface area contributed by atoms with Crippen LogP contribution in [0.5, 0.6) is 0 Å². The van der Waals surface area contributed by atoms with Crippen LogP contribution in [0.15, 0.2) is 40.7 Å². The highest BCUT2D eigenvalue weighted by Gasteiger charge is 2.48. The first kappa shape index (κ1) is 20.3. The molecule has 2 aromatic carbocycles. The summed E-state index contributed by atoms with van der Waals surface area (Å²) in [6, 6.07) is 11.1. The van der Waals surface area contributed by atoms with E-state index in [4.69, 9.17) is 23.2 Å². The van der Waals surface area contributed by atoms with Crippen LogP contribution in [0.25, 0.3) is 10.2 Å². The van der Waals surface area contributed by atoms with E-state index in [1.54, 1.807) is 23.1 Å². The summed E-state index contributed by atoms with van der Waals surface area (Å²) in [5.41, 5.74) is 2.40. The predicted molar refractivity (Wildman–Crippen MR) is 124 cm³/mol. The van der Waals surface area contributed by atoms with Gasteiger partial charge in [-0.1, -0.05) is 53.9 Å². The summed E-state index contributed by atoms with van der Waals surface area (Å²) in [5.74, 6) is 0.246. The van der Waals surface area contributed by atoms with Crippen molar-refractivity contribution in [2.24, 2.45) is 11.8 Å². The van der Waals surface area contributed by atoms with Gasteiger partial charge in [-0.15, -0.1) is 11.3 Å². The summed E-state index contributed by atoms with van der Waals surface area (Å²) in [6.45, 7) is 0. The van der Waals surface area contributed by atoms with E-state index in [2.05, 4.69) is 4.98 Å². The fourth-order valence-corrected chi connectivity index (χ4v) is 7.16. The van der Waals surface area contributed by atoms with E-state index in [0.717, 1.165) is 45.8 Å². The highest BCUT2D eigenvalue weighted by atomic mass is 35.5. The van der Waals surface area contributed by atoms with Crippen molar-refractivity contribution >= 4 is 74.0 Å². The number of carbonyl (C=O) groups excluding carboxylic acids is 2. The second-order valence-electron chi connectivity index (χ2n) is 7.63. The van der Waals surface area contributed by atoms with Gasteiger partial charge in [-0.25, -0.2) is 4.98 Å². The number of amides is 2. The Morgan fingerprint density at radius 1 is 1.03 bits per heavy atom. The number of rotatable bonds is 4. The Morgan fingerprint density at radius 2 is 1.70 bits per heavy atom. The molecule has 2 fully saturated rings. The number of halogens is 2. The first-order valence-electron chi connectivity index (χ1n) is 9.87. The van der Waals surface area contributed by atoms with E-state index in [9.17, 15) is 9.59 Å². The van der Waals surface area contributed by atoms with Gasteiger partial charge in [-0.3, -0.25) is 14.5 Å². The minimum absolute atomic E-state index is 0.0449. The molecule has 2 atom stereocenters. The van der Waals surface area contributed by atoms with Crippen molar-refractivity contribution < 1.29 is 9.59 Å². The molecule has 1 aliphatic carbocycles. The van der Waals surface area contributed by atoms with Gasteiger partial charge in [0, 0.05) is 15.8 Å². The molecule has 1 saturated carbocycles. The number of thiazole rings is 1. The largest absolute Gasteiger partial charge is 0.274 e.